The van der Waals surface area contributed by atoms with Gasteiger partial charge in [0.15, 0.2) is 0 Å². The second-order valence-corrected chi connectivity index (χ2v) is 6.49. The van der Waals surface area contributed by atoms with Crippen LogP contribution in [-0.4, -0.2) is 60.1 Å². The number of halogens is 1. The van der Waals surface area contributed by atoms with Gasteiger partial charge < -0.3 is 15.0 Å². The average molecular weight is 376 g/mol. The van der Waals surface area contributed by atoms with Crippen molar-refractivity contribution in [2.45, 2.75) is 13.0 Å². The molecule has 1 aliphatic heterocycles. The molecule has 1 fully saturated rings. The maximum Gasteiger partial charge on any atom is 0.241 e. The molecular weight excluding hydrogens is 354 g/mol. The number of hydrogen-bond donors (Lipinski definition) is 1. The highest BCUT2D eigenvalue weighted by molar-refractivity contribution is 6.32. The lowest BCUT2D eigenvalue weighted by Crippen LogP contribution is -2.53. The van der Waals surface area contributed by atoms with Gasteiger partial charge in [-0.3, -0.25) is 9.69 Å². The minimum absolute atomic E-state index is 0.0596. The summed E-state index contributed by atoms with van der Waals surface area (Å²) in [5.74, 6) is 1.25. The first-order valence-corrected chi connectivity index (χ1v) is 8.86. The van der Waals surface area contributed by atoms with Crippen LogP contribution < -0.4 is 15.0 Å². The van der Waals surface area contributed by atoms with Crippen LogP contribution in [-0.2, 0) is 4.79 Å². The van der Waals surface area contributed by atoms with Gasteiger partial charge in [0.1, 0.15) is 5.75 Å². The number of rotatable bonds is 5. The minimum Gasteiger partial charge on any atom is -0.495 e. The van der Waals surface area contributed by atoms with E-state index in [0.717, 1.165) is 32.1 Å². The molecule has 2 heterocycles. The van der Waals surface area contributed by atoms with Gasteiger partial charge in [-0.25, -0.2) is 9.97 Å². The number of nitrogens with zero attached hydrogens (tertiary/aromatic N) is 4. The molecule has 0 radical (unpaired) electrons. The molecule has 7 nitrogen and oxygen atoms in total. The summed E-state index contributed by atoms with van der Waals surface area (Å²) in [5.41, 5.74) is 0.656. The zero-order chi connectivity index (χ0) is 18.5. The number of aromatic nitrogens is 2. The Morgan fingerprint density at radius 1 is 1.23 bits per heavy atom. The zero-order valence-electron chi connectivity index (χ0n) is 14.9. The van der Waals surface area contributed by atoms with Crippen molar-refractivity contribution in [2.24, 2.45) is 0 Å². The summed E-state index contributed by atoms with van der Waals surface area (Å²) in [6.45, 7) is 5.04. The maximum atomic E-state index is 12.6. The largest absolute Gasteiger partial charge is 0.495 e. The van der Waals surface area contributed by atoms with E-state index in [1.165, 1.54) is 0 Å². The van der Waals surface area contributed by atoms with Crippen LogP contribution in [0.3, 0.4) is 0 Å². The third-order valence-electron chi connectivity index (χ3n) is 4.50. The summed E-state index contributed by atoms with van der Waals surface area (Å²) in [6.07, 6.45) is 3.48. The molecule has 1 aromatic heterocycles. The Hall–Kier alpha value is -2.38. The number of piperazine rings is 1. The standard InChI is InChI=1S/C18H22ClN5O2/c1-13(17(25)22-14-4-5-16(26-2)15(19)12-14)23-8-10-24(11-9-23)18-20-6-3-7-21-18/h3-7,12-13H,8-11H2,1-2H3,(H,22,25). The van der Waals surface area contributed by atoms with Crippen molar-refractivity contribution in [1.29, 1.82) is 0 Å². The SMILES string of the molecule is COc1ccc(NC(=O)C(C)N2CCN(c3ncccn3)CC2)cc1Cl. The Morgan fingerprint density at radius 2 is 1.92 bits per heavy atom. The van der Waals surface area contributed by atoms with Crippen LogP contribution in [0.2, 0.25) is 5.02 Å². The number of carbonyl (C=O) groups is 1. The van der Waals surface area contributed by atoms with Gasteiger partial charge in [-0.1, -0.05) is 11.6 Å². The summed E-state index contributed by atoms with van der Waals surface area (Å²) in [6, 6.07) is 6.77. The maximum absolute atomic E-state index is 12.6. The second kappa shape index (κ2) is 8.33. The Kier molecular flexibility index (Phi) is 5.90. The van der Waals surface area contributed by atoms with Crippen LogP contribution in [0.5, 0.6) is 5.75 Å². The fraction of sp³-hybridized carbons (Fsp3) is 0.389. The molecule has 0 saturated carbocycles. The number of methoxy groups -OCH3 is 1. The lowest BCUT2D eigenvalue weighted by atomic mass is 10.2. The van der Waals surface area contributed by atoms with E-state index in [2.05, 4.69) is 25.1 Å². The normalized spacial score (nSPS) is 16.2. The fourth-order valence-electron chi connectivity index (χ4n) is 2.92. The monoisotopic (exact) mass is 375 g/mol. The lowest BCUT2D eigenvalue weighted by molar-refractivity contribution is -0.120. The molecule has 1 unspecified atom stereocenters. The van der Waals surface area contributed by atoms with E-state index in [9.17, 15) is 4.79 Å². The molecule has 1 amide bonds. The smallest absolute Gasteiger partial charge is 0.241 e. The highest BCUT2D eigenvalue weighted by Gasteiger charge is 2.26. The van der Waals surface area contributed by atoms with E-state index in [0.29, 0.717) is 16.5 Å². The van der Waals surface area contributed by atoms with Crippen LogP contribution in [0.4, 0.5) is 11.6 Å². The van der Waals surface area contributed by atoms with E-state index >= 15 is 0 Å². The van der Waals surface area contributed by atoms with Crippen molar-refractivity contribution < 1.29 is 9.53 Å². The number of anilines is 2. The Morgan fingerprint density at radius 3 is 2.54 bits per heavy atom. The highest BCUT2D eigenvalue weighted by Crippen LogP contribution is 2.27. The molecule has 0 aliphatic carbocycles. The number of ether oxygens (including phenoxy) is 1. The van der Waals surface area contributed by atoms with Crippen LogP contribution in [0.25, 0.3) is 0 Å². The summed E-state index contributed by atoms with van der Waals surface area (Å²) in [5, 5.41) is 3.38. The Balaban J connectivity index is 1.55. The topological polar surface area (TPSA) is 70.6 Å². The van der Waals surface area contributed by atoms with E-state index < -0.39 is 0 Å². The number of hydrogen-bond acceptors (Lipinski definition) is 6. The van der Waals surface area contributed by atoms with E-state index in [-0.39, 0.29) is 11.9 Å². The molecule has 0 bridgehead atoms. The quantitative estimate of drug-likeness (QED) is 0.864. The van der Waals surface area contributed by atoms with Gasteiger partial charge >= 0.3 is 0 Å². The van der Waals surface area contributed by atoms with Crippen molar-refractivity contribution in [1.82, 2.24) is 14.9 Å². The molecule has 0 spiro atoms. The zero-order valence-corrected chi connectivity index (χ0v) is 15.6. The van der Waals surface area contributed by atoms with Crippen LogP contribution in [0, 0.1) is 0 Å². The van der Waals surface area contributed by atoms with Gasteiger partial charge in [0.2, 0.25) is 11.9 Å². The van der Waals surface area contributed by atoms with Gasteiger partial charge in [0.05, 0.1) is 18.2 Å². The van der Waals surface area contributed by atoms with Crippen molar-refractivity contribution in [2.75, 3.05) is 43.5 Å². The van der Waals surface area contributed by atoms with Crippen LogP contribution >= 0.6 is 11.6 Å². The van der Waals surface area contributed by atoms with E-state index in [1.54, 1.807) is 43.8 Å². The van der Waals surface area contributed by atoms with Gasteiger partial charge in [-0.15, -0.1) is 0 Å². The predicted molar refractivity (Wildman–Crippen MR) is 102 cm³/mol. The molecule has 138 valence electrons. The molecule has 1 N–H and O–H groups in total. The van der Waals surface area contributed by atoms with Gasteiger partial charge in [0.25, 0.3) is 0 Å². The lowest BCUT2D eigenvalue weighted by Gasteiger charge is -2.37. The molecule has 1 aliphatic rings. The third kappa shape index (κ3) is 4.23. The van der Waals surface area contributed by atoms with Crippen molar-refractivity contribution >= 4 is 29.1 Å². The molecule has 3 rings (SSSR count). The molecule has 1 saturated heterocycles. The predicted octanol–water partition coefficient (Wildman–Crippen LogP) is 2.29. The van der Waals surface area contributed by atoms with Crippen molar-refractivity contribution in [3.63, 3.8) is 0 Å². The molecule has 1 atom stereocenters. The summed E-state index contributed by atoms with van der Waals surface area (Å²) < 4.78 is 5.13. The molecular formula is C18H22ClN5O2. The Labute approximate surface area is 157 Å². The number of benzene rings is 1. The van der Waals surface area contributed by atoms with Crippen molar-refractivity contribution in [3.8, 4) is 5.75 Å². The van der Waals surface area contributed by atoms with Gasteiger partial charge in [-0.05, 0) is 31.2 Å². The first kappa shape index (κ1) is 18.4. The van der Waals surface area contributed by atoms with Gasteiger partial charge in [0, 0.05) is 44.3 Å². The van der Waals surface area contributed by atoms with Crippen LogP contribution in [0.1, 0.15) is 6.92 Å². The van der Waals surface area contributed by atoms with E-state index in [4.69, 9.17) is 16.3 Å². The highest BCUT2D eigenvalue weighted by atomic mass is 35.5. The first-order valence-electron chi connectivity index (χ1n) is 8.49. The average Bonchev–Trinajstić information content (AvgIpc) is 2.68. The summed E-state index contributed by atoms with van der Waals surface area (Å²) in [7, 11) is 1.56. The molecule has 8 heteroatoms. The Bertz CT molecular complexity index is 751. The van der Waals surface area contributed by atoms with E-state index in [1.807, 2.05) is 6.92 Å². The molecule has 2 aromatic rings. The molecule has 1 aromatic carbocycles. The summed E-state index contributed by atoms with van der Waals surface area (Å²) in [4.78, 5) is 25.4. The minimum atomic E-state index is -0.241. The summed E-state index contributed by atoms with van der Waals surface area (Å²) >= 11 is 6.11. The first-order chi connectivity index (χ1) is 12.6. The number of carbonyl (C=O) groups excluding carboxylic acids is 1. The second-order valence-electron chi connectivity index (χ2n) is 6.09. The van der Waals surface area contributed by atoms with Crippen molar-refractivity contribution in [3.05, 3.63) is 41.7 Å². The molecule has 26 heavy (non-hydrogen) atoms. The number of amides is 1. The van der Waals surface area contributed by atoms with Gasteiger partial charge in [-0.2, -0.15) is 0 Å². The fourth-order valence-corrected chi connectivity index (χ4v) is 3.18. The third-order valence-corrected chi connectivity index (χ3v) is 4.79. The van der Waals surface area contributed by atoms with Crippen LogP contribution in [0.15, 0.2) is 36.7 Å². The number of nitrogens with one attached hydrogen (secondary N) is 1.